The third-order valence-corrected chi connectivity index (χ3v) is 8.52. The third-order valence-electron chi connectivity index (χ3n) is 7.61. The zero-order valence-electron chi connectivity index (χ0n) is 25.4. The quantitative estimate of drug-likeness (QED) is 0.148. The maximum atomic E-state index is 14.1. The highest BCUT2D eigenvalue weighted by molar-refractivity contribution is 7.86. The van der Waals surface area contributed by atoms with Crippen LogP contribution in [0, 0.1) is 0 Å². The summed E-state index contributed by atoms with van der Waals surface area (Å²) < 4.78 is 51.0. The summed E-state index contributed by atoms with van der Waals surface area (Å²) in [7, 11) is -1.81. The molecule has 0 bridgehead atoms. The van der Waals surface area contributed by atoms with Crippen LogP contribution in [-0.4, -0.2) is 78.1 Å². The molecule has 0 radical (unpaired) electrons. The molecule has 2 aromatic carbocycles. The van der Waals surface area contributed by atoms with Gasteiger partial charge in [-0.2, -0.15) is 8.42 Å². The van der Waals surface area contributed by atoms with Gasteiger partial charge in [0, 0.05) is 12.6 Å². The van der Waals surface area contributed by atoms with Gasteiger partial charge < -0.3 is 29.0 Å². The first-order valence-corrected chi connectivity index (χ1v) is 16.1. The highest BCUT2D eigenvalue weighted by atomic mass is 32.2. The normalized spacial score (nSPS) is 17.0. The predicted octanol–water partition coefficient (Wildman–Crippen LogP) is 4.12. The summed E-state index contributed by atoms with van der Waals surface area (Å²) in [4.78, 5) is 45.1. The molecule has 1 aromatic heterocycles. The maximum Gasteiger partial charge on any atom is 0.328 e. The van der Waals surface area contributed by atoms with Crippen LogP contribution in [0.1, 0.15) is 61.8 Å². The molecule has 242 valence electrons. The molecule has 2 heterocycles. The van der Waals surface area contributed by atoms with Crippen molar-refractivity contribution in [3.8, 4) is 11.5 Å². The molecular formula is C31H38N4O9S. The third kappa shape index (κ3) is 8.39. The van der Waals surface area contributed by atoms with Gasteiger partial charge in [-0.15, -0.1) is 0 Å². The molecule has 1 fully saturated rings. The summed E-state index contributed by atoms with van der Waals surface area (Å²) in [6.07, 6.45) is 6.73. The number of aromatic nitrogens is 2. The van der Waals surface area contributed by atoms with Gasteiger partial charge in [0.2, 0.25) is 5.91 Å². The number of esters is 1. The van der Waals surface area contributed by atoms with Crippen LogP contribution in [0.15, 0.2) is 66.0 Å². The van der Waals surface area contributed by atoms with Crippen LogP contribution in [0.5, 0.6) is 11.5 Å². The summed E-state index contributed by atoms with van der Waals surface area (Å²) >= 11 is 0. The number of anilines is 1. The molecule has 1 aliphatic rings. The fourth-order valence-electron chi connectivity index (χ4n) is 5.32. The van der Waals surface area contributed by atoms with E-state index in [0.29, 0.717) is 17.9 Å². The van der Waals surface area contributed by atoms with Crippen LogP contribution in [0.4, 0.5) is 5.82 Å². The molecule has 2 amide bonds. The predicted molar refractivity (Wildman–Crippen MR) is 164 cm³/mol. The molecule has 0 spiro atoms. The molecule has 4 rings (SSSR count). The van der Waals surface area contributed by atoms with E-state index in [1.807, 2.05) is 0 Å². The number of nitrogens with zero attached hydrogens (tertiary/aromatic N) is 3. The fourth-order valence-corrected chi connectivity index (χ4v) is 6.01. The largest absolute Gasteiger partial charge is 0.497 e. The number of nitrogens with one attached hydrogen (secondary N) is 1. The highest BCUT2D eigenvalue weighted by Gasteiger charge is 2.43. The second kappa shape index (κ2) is 15.0. The summed E-state index contributed by atoms with van der Waals surface area (Å²) in [5.74, 6) is -0.367. The molecular weight excluding hydrogens is 604 g/mol. The highest BCUT2D eigenvalue weighted by Crippen LogP contribution is 2.30. The standard InChI is InChI=1S/C31H38N4O9S/c1-4-5-6-7-11-25(34-19-28(32-20-34)33-29(36)24-10-8-9-12-27(24)45(39,40)41)30(37)35-18-23(17-26(35)31(38)43-3)44-22-15-13-21(42-2)14-16-22/h8-10,12-16,19-20,23,25-26H,4-7,11,17-18H2,1-3H3,(H,33,36)(H,39,40,41)/t23-,25+,26-/m0/s1. The molecule has 1 saturated heterocycles. The molecule has 0 saturated carbocycles. The van der Waals surface area contributed by atoms with Crippen LogP contribution in [0.2, 0.25) is 0 Å². The lowest BCUT2D eigenvalue weighted by atomic mass is 10.1. The second-order valence-electron chi connectivity index (χ2n) is 10.7. The minimum absolute atomic E-state index is 0.0724. The van der Waals surface area contributed by atoms with Crippen molar-refractivity contribution in [2.24, 2.45) is 0 Å². The van der Waals surface area contributed by atoms with Crippen molar-refractivity contribution in [2.45, 2.75) is 68.5 Å². The van der Waals surface area contributed by atoms with E-state index < -0.39 is 45.1 Å². The first kappa shape index (κ1) is 33.5. The van der Waals surface area contributed by atoms with E-state index in [0.717, 1.165) is 31.7 Å². The summed E-state index contributed by atoms with van der Waals surface area (Å²) in [5, 5.41) is 2.54. The molecule has 0 aliphatic carbocycles. The van der Waals surface area contributed by atoms with E-state index in [1.165, 1.54) is 42.7 Å². The summed E-state index contributed by atoms with van der Waals surface area (Å²) in [6.45, 7) is 2.24. The maximum absolute atomic E-state index is 14.1. The number of methoxy groups -OCH3 is 2. The van der Waals surface area contributed by atoms with Gasteiger partial charge in [-0.25, -0.2) is 9.78 Å². The number of ether oxygens (including phenoxy) is 3. The first-order valence-electron chi connectivity index (χ1n) is 14.7. The minimum Gasteiger partial charge on any atom is -0.497 e. The summed E-state index contributed by atoms with van der Waals surface area (Å²) in [5.41, 5.74) is -0.261. The van der Waals surface area contributed by atoms with Gasteiger partial charge in [0.25, 0.3) is 16.0 Å². The Morgan fingerprint density at radius 2 is 1.76 bits per heavy atom. The fraction of sp³-hybridized carbons (Fsp3) is 0.419. The van der Waals surface area contributed by atoms with Crippen molar-refractivity contribution in [2.75, 3.05) is 26.1 Å². The van der Waals surface area contributed by atoms with Crippen molar-refractivity contribution in [3.63, 3.8) is 0 Å². The van der Waals surface area contributed by atoms with Crippen LogP contribution in [-0.2, 0) is 24.4 Å². The van der Waals surface area contributed by atoms with Crippen LogP contribution < -0.4 is 14.8 Å². The molecule has 0 unspecified atom stereocenters. The van der Waals surface area contributed by atoms with E-state index in [-0.39, 0.29) is 30.3 Å². The van der Waals surface area contributed by atoms with E-state index in [1.54, 1.807) is 35.9 Å². The Bertz CT molecular complexity index is 1590. The Morgan fingerprint density at radius 3 is 2.42 bits per heavy atom. The lowest BCUT2D eigenvalue weighted by molar-refractivity contribution is -0.152. The number of hydrogen-bond acceptors (Lipinski definition) is 9. The number of rotatable bonds is 14. The Balaban J connectivity index is 1.56. The van der Waals surface area contributed by atoms with Gasteiger partial charge in [0.15, 0.2) is 5.82 Å². The SMILES string of the molecule is CCCCCC[C@H](C(=O)N1C[C@@H](Oc2ccc(OC)cc2)C[C@H]1C(=O)OC)n1cnc(NC(=O)c2ccccc2S(=O)(=O)O)c1. The van der Waals surface area contributed by atoms with Gasteiger partial charge in [0.05, 0.1) is 32.7 Å². The molecule has 3 aromatic rings. The lowest BCUT2D eigenvalue weighted by Gasteiger charge is -2.28. The Labute approximate surface area is 262 Å². The minimum atomic E-state index is -4.65. The van der Waals surface area contributed by atoms with Crippen LogP contribution in [0.3, 0.4) is 0 Å². The zero-order chi connectivity index (χ0) is 32.6. The molecule has 2 N–H and O–H groups in total. The molecule has 3 atom stereocenters. The average Bonchev–Trinajstić information content (AvgIpc) is 3.67. The zero-order valence-corrected chi connectivity index (χ0v) is 26.2. The van der Waals surface area contributed by atoms with E-state index >= 15 is 0 Å². The van der Waals surface area contributed by atoms with E-state index in [4.69, 9.17) is 14.2 Å². The van der Waals surface area contributed by atoms with Crippen molar-refractivity contribution >= 4 is 33.7 Å². The number of likely N-dealkylation sites (tertiary alicyclic amines) is 1. The average molecular weight is 643 g/mol. The number of hydrogen-bond donors (Lipinski definition) is 2. The van der Waals surface area contributed by atoms with Gasteiger partial charge in [-0.05, 0) is 42.8 Å². The van der Waals surface area contributed by atoms with Crippen molar-refractivity contribution in [3.05, 3.63) is 66.6 Å². The summed E-state index contributed by atoms with van der Waals surface area (Å²) in [6, 6.07) is 10.6. The Kier molecular flexibility index (Phi) is 11.2. The van der Waals surface area contributed by atoms with Gasteiger partial charge in [-0.1, -0.05) is 44.7 Å². The Morgan fingerprint density at radius 1 is 1.04 bits per heavy atom. The number of imidazole rings is 1. The topological polar surface area (TPSA) is 166 Å². The molecule has 14 heteroatoms. The molecule has 45 heavy (non-hydrogen) atoms. The van der Waals surface area contributed by atoms with E-state index in [9.17, 15) is 27.4 Å². The van der Waals surface area contributed by atoms with Gasteiger partial charge in [0.1, 0.15) is 34.6 Å². The van der Waals surface area contributed by atoms with Gasteiger partial charge >= 0.3 is 5.97 Å². The number of benzene rings is 2. The van der Waals surface area contributed by atoms with Crippen LogP contribution in [0.25, 0.3) is 0 Å². The van der Waals surface area contributed by atoms with Crippen molar-refractivity contribution in [1.82, 2.24) is 14.5 Å². The second-order valence-corrected chi connectivity index (χ2v) is 12.1. The van der Waals surface area contributed by atoms with Crippen molar-refractivity contribution in [1.29, 1.82) is 0 Å². The monoisotopic (exact) mass is 642 g/mol. The lowest BCUT2D eigenvalue weighted by Crippen LogP contribution is -2.44. The number of carbonyl (C=O) groups is 3. The van der Waals surface area contributed by atoms with E-state index in [2.05, 4.69) is 17.2 Å². The first-order chi connectivity index (χ1) is 21.5. The number of unbranched alkanes of at least 4 members (excludes halogenated alkanes) is 3. The Hall–Kier alpha value is -4.43. The van der Waals surface area contributed by atoms with Crippen molar-refractivity contribution < 1.29 is 41.6 Å². The number of amides is 2. The van der Waals surface area contributed by atoms with Crippen LogP contribution >= 0.6 is 0 Å². The smallest absolute Gasteiger partial charge is 0.328 e. The number of carbonyl (C=O) groups excluding carboxylic acids is 3. The van der Waals surface area contributed by atoms with Gasteiger partial charge in [-0.3, -0.25) is 14.1 Å². The molecule has 1 aliphatic heterocycles. The molecule has 13 nitrogen and oxygen atoms in total.